The summed E-state index contributed by atoms with van der Waals surface area (Å²) >= 11 is 6.64. The second-order valence-electron chi connectivity index (χ2n) is 10.3. The van der Waals surface area contributed by atoms with E-state index in [9.17, 15) is 13.7 Å². The third kappa shape index (κ3) is 6.97. The first-order valence-electron chi connectivity index (χ1n) is 13.4. The minimum absolute atomic E-state index is 0.0318. The number of hydrogen-bond donors (Lipinski definition) is 2. The predicted octanol–water partition coefficient (Wildman–Crippen LogP) is 3.21. The zero-order chi connectivity index (χ0) is 28.1. The lowest BCUT2D eigenvalue weighted by Gasteiger charge is -2.30. The van der Waals surface area contributed by atoms with Gasteiger partial charge in [-0.15, -0.1) is 0 Å². The number of benzene rings is 1. The lowest BCUT2D eigenvalue weighted by molar-refractivity contribution is 0.0547. The number of hydrogen-bond acceptors (Lipinski definition) is 9. The third-order valence-corrected chi connectivity index (χ3v) is 8.90. The molecule has 5 rings (SSSR count). The highest BCUT2D eigenvalue weighted by molar-refractivity contribution is 7.88. The largest absolute Gasteiger partial charge is 0.381 e. The van der Waals surface area contributed by atoms with Gasteiger partial charge >= 0.3 is 0 Å². The normalized spacial score (nSPS) is 18.9. The molecule has 40 heavy (non-hydrogen) atoms. The molecule has 1 aromatic carbocycles. The fourth-order valence-corrected chi connectivity index (χ4v) is 6.24. The SMILES string of the molecule is CS(=O)(=O)N1CCC(Nc2ncc(C#N)c(-c3cnn(-c4ccc(CNCC5CCCOC5)cc4Cl)c3)n2)CC1. The number of nitrogens with one attached hydrogen (secondary N) is 2. The highest BCUT2D eigenvalue weighted by atomic mass is 35.5. The Morgan fingerprint density at radius 1 is 1.23 bits per heavy atom. The summed E-state index contributed by atoms with van der Waals surface area (Å²) < 4.78 is 32.3. The summed E-state index contributed by atoms with van der Waals surface area (Å²) in [7, 11) is -3.20. The lowest BCUT2D eigenvalue weighted by Crippen LogP contribution is -2.42. The minimum Gasteiger partial charge on any atom is -0.381 e. The first-order valence-corrected chi connectivity index (χ1v) is 15.6. The summed E-state index contributed by atoms with van der Waals surface area (Å²) in [6.07, 6.45) is 9.75. The van der Waals surface area contributed by atoms with Crippen LogP contribution in [0.2, 0.25) is 5.02 Å². The van der Waals surface area contributed by atoms with Crippen LogP contribution in [0.15, 0.2) is 36.8 Å². The van der Waals surface area contributed by atoms with Crippen molar-refractivity contribution >= 4 is 27.6 Å². The zero-order valence-electron chi connectivity index (χ0n) is 22.4. The van der Waals surface area contributed by atoms with Gasteiger partial charge in [0.25, 0.3) is 0 Å². The lowest BCUT2D eigenvalue weighted by atomic mass is 10.0. The van der Waals surface area contributed by atoms with Crippen LogP contribution in [0.3, 0.4) is 0 Å². The second-order valence-corrected chi connectivity index (χ2v) is 12.7. The maximum absolute atomic E-state index is 11.8. The maximum Gasteiger partial charge on any atom is 0.223 e. The molecule has 2 aliphatic rings. The monoisotopic (exact) mass is 584 g/mol. The smallest absolute Gasteiger partial charge is 0.223 e. The number of piperidine rings is 1. The number of anilines is 1. The Bertz CT molecular complexity index is 1480. The van der Waals surface area contributed by atoms with E-state index in [2.05, 4.69) is 31.8 Å². The van der Waals surface area contributed by atoms with Crippen molar-refractivity contribution in [1.82, 2.24) is 29.4 Å². The summed E-state index contributed by atoms with van der Waals surface area (Å²) in [5.41, 5.74) is 3.25. The van der Waals surface area contributed by atoms with Gasteiger partial charge in [0.1, 0.15) is 6.07 Å². The van der Waals surface area contributed by atoms with Crippen LogP contribution in [0.1, 0.15) is 36.8 Å². The van der Waals surface area contributed by atoms with E-state index < -0.39 is 10.0 Å². The topological polar surface area (TPSA) is 138 Å². The summed E-state index contributed by atoms with van der Waals surface area (Å²) in [6.45, 7) is 4.20. The van der Waals surface area contributed by atoms with Crippen LogP contribution in [-0.2, 0) is 21.3 Å². The van der Waals surface area contributed by atoms with E-state index in [0.717, 1.165) is 44.0 Å². The molecule has 2 aromatic heterocycles. The first kappa shape index (κ1) is 28.4. The molecule has 3 aromatic rings. The van der Waals surface area contributed by atoms with Gasteiger partial charge in [-0.1, -0.05) is 17.7 Å². The number of aromatic nitrogens is 4. The Hall–Kier alpha value is -3.08. The number of sulfonamides is 1. The van der Waals surface area contributed by atoms with E-state index in [1.165, 1.54) is 23.2 Å². The summed E-state index contributed by atoms with van der Waals surface area (Å²) in [6, 6.07) is 8.08. The van der Waals surface area contributed by atoms with Gasteiger partial charge in [0, 0.05) is 50.6 Å². The number of ether oxygens (including phenoxy) is 1. The summed E-state index contributed by atoms with van der Waals surface area (Å²) in [5.74, 6) is 0.934. The van der Waals surface area contributed by atoms with Gasteiger partial charge in [0.2, 0.25) is 16.0 Å². The Morgan fingerprint density at radius 3 is 2.75 bits per heavy atom. The molecule has 0 spiro atoms. The van der Waals surface area contributed by atoms with Crippen molar-refractivity contribution < 1.29 is 13.2 Å². The van der Waals surface area contributed by atoms with Gasteiger partial charge in [-0.3, -0.25) is 0 Å². The van der Waals surface area contributed by atoms with Gasteiger partial charge in [0.05, 0.1) is 47.2 Å². The predicted molar refractivity (Wildman–Crippen MR) is 153 cm³/mol. The van der Waals surface area contributed by atoms with Crippen LogP contribution in [0, 0.1) is 17.2 Å². The number of halogens is 1. The van der Waals surface area contributed by atoms with E-state index in [-0.39, 0.29) is 6.04 Å². The van der Waals surface area contributed by atoms with Crippen LogP contribution < -0.4 is 10.6 Å². The molecule has 13 heteroatoms. The first-order chi connectivity index (χ1) is 19.3. The van der Waals surface area contributed by atoms with Gasteiger partial charge in [-0.05, 0) is 49.3 Å². The van der Waals surface area contributed by atoms with Gasteiger partial charge in [-0.2, -0.15) is 10.4 Å². The van der Waals surface area contributed by atoms with Crippen molar-refractivity contribution in [3.05, 3.63) is 52.9 Å². The number of rotatable bonds is 9. The molecule has 2 saturated heterocycles. The highest BCUT2D eigenvalue weighted by Crippen LogP contribution is 2.27. The molecule has 2 aliphatic heterocycles. The molecule has 0 amide bonds. The molecule has 0 bridgehead atoms. The molecule has 2 N–H and O–H groups in total. The Morgan fingerprint density at radius 2 is 2.05 bits per heavy atom. The molecule has 4 heterocycles. The van der Waals surface area contributed by atoms with E-state index in [1.807, 2.05) is 18.2 Å². The average molecular weight is 585 g/mol. The molecule has 0 aliphatic carbocycles. The second kappa shape index (κ2) is 12.6. The zero-order valence-corrected chi connectivity index (χ0v) is 24.0. The molecule has 0 radical (unpaired) electrons. The standard InChI is InChI=1S/C27H33ClN8O3S/c1-40(37,38)35-8-6-23(7-9-35)33-27-31-15-21(12-29)26(34-27)22-16-32-36(17-22)25-5-4-19(11-24(25)28)13-30-14-20-3-2-10-39-18-20/h4-5,11,15-17,20,23,30H,2-3,6-10,13-14,18H2,1H3,(H,31,33,34). The fourth-order valence-electron chi connectivity index (χ4n) is 5.08. The van der Waals surface area contributed by atoms with Crippen molar-refractivity contribution in [2.45, 2.75) is 38.3 Å². The van der Waals surface area contributed by atoms with Crippen LogP contribution in [-0.4, -0.2) is 77.6 Å². The van der Waals surface area contributed by atoms with Crippen LogP contribution in [0.25, 0.3) is 16.9 Å². The van der Waals surface area contributed by atoms with Crippen molar-refractivity contribution in [3.63, 3.8) is 0 Å². The van der Waals surface area contributed by atoms with Crippen LogP contribution in [0.4, 0.5) is 5.95 Å². The molecule has 1 atom stereocenters. The van der Waals surface area contributed by atoms with Crippen molar-refractivity contribution in [2.24, 2.45) is 5.92 Å². The molecular formula is C27H33ClN8O3S. The minimum atomic E-state index is -3.20. The van der Waals surface area contributed by atoms with E-state index in [4.69, 9.17) is 16.3 Å². The fraction of sp³-hybridized carbons (Fsp3) is 0.481. The molecule has 212 valence electrons. The van der Waals surface area contributed by atoms with Crippen molar-refractivity contribution in [2.75, 3.05) is 44.4 Å². The van der Waals surface area contributed by atoms with Crippen LogP contribution in [0.5, 0.6) is 0 Å². The molecular weight excluding hydrogens is 552 g/mol. The van der Waals surface area contributed by atoms with E-state index in [0.29, 0.717) is 59.6 Å². The summed E-state index contributed by atoms with van der Waals surface area (Å²) in [4.78, 5) is 8.91. The Balaban J connectivity index is 1.25. The molecule has 0 saturated carbocycles. The van der Waals surface area contributed by atoms with E-state index in [1.54, 1.807) is 17.1 Å². The molecule has 11 nitrogen and oxygen atoms in total. The average Bonchev–Trinajstić information content (AvgIpc) is 3.43. The highest BCUT2D eigenvalue weighted by Gasteiger charge is 2.25. The maximum atomic E-state index is 11.8. The van der Waals surface area contributed by atoms with E-state index >= 15 is 0 Å². The van der Waals surface area contributed by atoms with Crippen LogP contribution >= 0.6 is 11.6 Å². The third-order valence-electron chi connectivity index (χ3n) is 7.30. The van der Waals surface area contributed by atoms with Crippen molar-refractivity contribution in [3.8, 4) is 23.0 Å². The summed E-state index contributed by atoms with van der Waals surface area (Å²) in [5, 5.41) is 21.5. The molecule has 1 unspecified atom stereocenters. The molecule has 2 fully saturated rings. The number of nitriles is 1. The van der Waals surface area contributed by atoms with Gasteiger partial charge < -0.3 is 15.4 Å². The Labute approximate surface area is 239 Å². The number of nitrogens with zero attached hydrogens (tertiary/aromatic N) is 6. The van der Waals surface area contributed by atoms with Crippen molar-refractivity contribution in [1.29, 1.82) is 5.26 Å². The Kier molecular flexibility index (Phi) is 8.97. The van der Waals surface area contributed by atoms with Gasteiger partial charge in [-0.25, -0.2) is 27.4 Å². The van der Waals surface area contributed by atoms with Gasteiger partial charge in [0.15, 0.2) is 0 Å². The quantitative estimate of drug-likeness (QED) is 0.388.